The molecular weight excluding hydrogens is 394 g/mol. The van der Waals surface area contributed by atoms with Gasteiger partial charge < -0.3 is 15.0 Å². The number of hydrogen-bond acceptors (Lipinski definition) is 4. The molecule has 1 amide bonds. The molecule has 4 aromatic rings. The van der Waals surface area contributed by atoms with Crippen LogP contribution in [-0.4, -0.2) is 15.6 Å². The highest BCUT2D eigenvalue weighted by atomic mass is 32.2. The van der Waals surface area contributed by atoms with Crippen LogP contribution in [0, 0.1) is 0 Å². The van der Waals surface area contributed by atoms with Crippen molar-refractivity contribution < 1.29 is 9.53 Å². The lowest BCUT2D eigenvalue weighted by Crippen LogP contribution is -2.12. The molecule has 0 radical (unpaired) electrons. The summed E-state index contributed by atoms with van der Waals surface area (Å²) in [7, 11) is 0. The number of nitrogens with zero attached hydrogens (tertiary/aromatic N) is 2. The summed E-state index contributed by atoms with van der Waals surface area (Å²) in [5, 5.41) is 1.08. The molecule has 0 atom stereocenters. The van der Waals surface area contributed by atoms with Crippen molar-refractivity contribution in [1.82, 2.24) is 9.55 Å². The molecule has 0 saturated heterocycles. The summed E-state index contributed by atoms with van der Waals surface area (Å²) >= 11 is 1.69. The van der Waals surface area contributed by atoms with Gasteiger partial charge in [0, 0.05) is 41.2 Å². The standard InChI is InChI=1S/C24H21N3O2S/c25-24(28)29-17-20-16-27(15-18-11-13-26-14-12-18)23(30-21-9-5-2-6-10-21)22(20)19-7-3-1-4-8-19/h1-14,16H,15,17H2,(H2,25,28). The zero-order chi connectivity index (χ0) is 20.8. The molecule has 6 heteroatoms. The lowest BCUT2D eigenvalue weighted by atomic mass is 10.1. The third kappa shape index (κ3) is 4.72. The first kappa shape index (κ1) is 19.8. The van der Waals surface area contributed by atoms with E-state index in [0.717, 1.165) is 32.2 Å². The molecular formula is C24H21N3O2S. The Morgan fingerprint density at radius 3 is 2.30 bits per heavy atom. The number of rotatable bonds is 7. The van der Waals surface area contributed by atoms with Gasteiger partial charge in [0.25, 0.3) is 0 Å². The molecule has 150 valence electrons. The second-order valence-electron chi connectivity index (χ2n) is 6.71. The second-order valence-corrected chi connectivity index (χ2v) is 7.77. The Morgan fingerprint density at radius 2 is 1.63 bits per heavy atom. The largest absolute Gasteiger partial charge is 0.445 e. The number of nitrogens with two attached hydrogens (primary N) is 1. The van der Waals surface area contributed by atoms with Crippen LogP contribution in [0.25, 0.3) is 11.1 Å². The van der Waals surface area contributed by atoms with Crippen molar-refractivity contribution in [3.05, 3.63) is 103 Å². The lowest BCUT2D eigenvalue weighted by Gasteiger charge is -2.12. The zero-order valence-corrected chi connectivity index (χ0v) is 17.1. The normalized spacial score (nSPS) is 10.7. The van der Waals surface area contributed by atoms with E-state index >= 15 is 0 Å². The molecule has 0 saturated carbocycles. The zero-order valence-electron chi connectivity index (χ0n) is 16.3. The molecule has 5 nitrogen and oxygen atoms in total. The SMILES string of the molecule is NC(=O)OCc1cn(Cc2ccncc2)c(Sc2ccccc2)c1-c1ccccc1. The summed E-state index contributed by atoms with van der Waals surface area (Å²) < 4.78 is 7.35. The highest BCUT2D eigenvalue weighted by molar-refractivity contribution is 7.99. The maximum absolute atomic E-state index is 11.3. The fraction of sp³-hybridized carbons (Fsp3) is 0.0833. The van der Waals surface area contributed by atoms with Crippen molar-refractivity contribution >= 4 is 17.9 Å². The molecule has 30 heavy (non-hydrogen) atoms. The van der Waals surface area contributed by atoms with Crippen LogP contribution >= 0.6 is 11.8 Å². The number of hydrogen-bond donors (Lipinski definition) is 1. The van der Waals surface area contributed by atoms with Crippen molar-refractivity contribution in [2.75, 3.05) is 0 Å². The van der Waals surface area contributed by atoms with E-state index in [1.807, 2.05) is 54.7 Å². The maximum Gasteiger partial charge on any atom is 0.404 e. The van der Waals surface area contributed by atoms with Gasteiger partial charge in [-0.2, -0.15) is 0 Å². The van der Waals surface area contributed by atoms with Gasteiger partial charge in [-0.1, -0.05) is 60.3 Å². The number of carbonyl (C=O) groups is 1. The molecule has 0 fully saturated rings. The van der Waals surface area contributed by atoms with Crippen LogP contribution in [0.3, 0.4) is 0 Å². The molecule has 2 aromatic heterocycles. The Kier molecular flexibility index (Phi) is 6.15. The van der Waals surface area contributed by atoms with Crippen LogP contribution in [0.1, 0.15) is 11.1 Å². The monoisotopic (exact) mass is 415 g/mol. The molecule has 0 spiro atoms. The van der Waals surface area contributed by atoms with Gasteiger partial charge in [-0.15, -0.1) is 0 Å². The van der Waals surface area contributed by atoms with E-state index in [9.17, 15) is 4.79 Å². The van der Waals surface area contributed by atoms with E-state index in [1.54, 1.807) is 24.2 Å². The van der Waals surface area contributed by atoms with Crippen molar-refractivity contribution in [1.29, 1.82) is 0 Å². The van der Waals surface area contributed by atoms with Crippen LogP contribution in [0.15, 0.2) is 101 Å². The number of ether oxygens (including phenoxy) is 1. The smallest absolute Gasteiger partial charge is 0.404 e. The van der Waals surface area contributed by atoms with Crippen molar-refractivity contribution in [3.8, 4) is 11.1 Å². The van der Waals surface area contributed by atoms with E-state index in [4.69, 9.17) is 10.5 Å². The molecule has 0 bridgehead atoms. The molecule has 0 aliphatic rings. The number of carbonyl (C=O) groups excluding carboxylic acids is 1. The third-order valence-electron chi connectivity index (χ3n) is 4.60. The van der Waals surface area contributed by atoms with Crippen molar-refractivity contribution in [3.63, 3.8) is 0 Å². The summed E-state index contributed by atoms with van der Waals surface area (Å²) in [6.07, 6.45) is 4.83. The molecule has 0 aliphatic heterocycles. The molecule has 2 heterocycles. The first-order chi connectivity index (χ1) is 14.7. The molecule has 4 rings (SSSR count). The van der Waals surface area contributed by atoms with Crippen LogP contribution in [0.2, 0.25) is 0 Å². The summed E-state index contributed by atoms with van der Waals surface area (Å²) in [6, 6.07) is 24.4. The summed E-state index contributed by atoms with van der Waals surface area (Å²) in [5.41, 5.74) is 9.39. The lowest BCUT2D eigenvalue weighted by molar-refractivity contribution is 0.150. The topological polar surface area (TPSA) is 70.1 Å². The summed E-state index contributed by atoms with van der Waals surface area (Å²) in [6.45, 7) is 0.791. The highest BCUT2D eigenvalue weighted by Crippen LogP contribution is 2.40. The number of aromatic nitrogens is 2. The van der Waals surface area contributed by atoms with Crippen LogP contribution < -0.4 is 5.73 Å². The van der Waals surface area contributed by atoms with Gasteiger partial charge in [0.1, 0.15) is 6.61 Å². The highest BCUT2D eigenvalue weighted by Gasteiger charge is 2.20. The third-order valence-corrected chi connectivity index (χ3v) is 5.74. The molecule has 2 aromatic carbocycles. The number of pyridine rings is 1. The number of primary amides is 1. The fourth-order valence-electron chi connectivity index (χ4n) is 3.28. The van der Waals surface area contributed by atoms with Gasteiger partial charge in [-0.05, 0) is 35.4 Å². The van der Waals surface area contributed by atoms with Crippen LogP contribution in [0.4, 0.5) is 4.79 Å². The van der Waals surface area contributed by atoms with Gasteiger partial charge in [0.2, 0.25) is 0 Å². The van der Waals surface area contributed by atoms with E-state index in [-0.39, 0.29) is 6.61 Å². The Bertz CT molecular complexity index is 1110. The summed E-state index contributed by atoms with van der Waals surface area (Å²) in [4.78, 5) is 16.5. The van der Waals surface area contributed by atoms with E-state index in [2.05, 4.69) is 33.8 Å². The minimum absolute atomic E-state index is 0.116. The molecule has 0 aliphatic carbocycles. The Hall–Kier alpha value is -3.51. The van der Waals surface area contributed by atoms with Crippen molar-refractivity contribution in [2.45, 2.75) is 23.1 Å². The molecule has 0 unspecified atom stereocenters. The Labute approximate surface area is 179 Å². The van der Waals surface area contributed by atoms with Crippen molar-refractivity contribution in [2.24, 2.45) is 5.73 Å². The van der Waals surface area contributed by atoms with Gasteiger partial charge >= 0.3 is 6.09 Å². The predicted molar refractivity (Wildman–Crippen MR) is 118 cm³/mol. The second kappa shape index (κ2) is 9.33. The van der Waals surface area contributed by atoms with Gasteiger partial charge in [0.05, 0.1) is 5.03 Å². The van der Waals surface area contributed by atoms with Gasteiger partial charge in [-0.25, -0.2) is 4.79 Å². The number of amides is 1. The Morgan fingerprint density at radius 1 is 0.967 bits per heavy atom. The van der Waals surface area contributed by atoms with E-state index in [0.29, 0.717) is 6.54 Å². The van der Waals surface area contributed by atoms with Gasteiger partial charge in [-0.3, -0.25) is 4.98 Å². The van der Waals surface area contributed by atoms with E-state index in [1.165, 1.54) is 0 Å². The average molecular weight is 416 g/mol. The first-order valence-corrected chi connectivity index (χ1v) is 10.3. The minimum atomic E-state index is -0.784. The maximum atomic E-state index is 11.3. The van der Waals surface area contributed by atoms with E-state index < -0.39 is 6.09 Å². The van der Waals surface area contributed by atoms with Gasteiger partial charge in [0.15, 0.2) is 0 Å². The van der Waals surface area contributed by atoms with Crippen LogP contribution in [-0.2, 0) is 17.9 Å². The quantitative estimate of drug-likeness (QED) is 0.442. The fourth-order valence-corrected chi connectivity index (χ4v) is 4.38. The number of benzene rings is 2. The van der Waals surface area contributed by atoms with Crippen LogP contribution in [0.5, 0.6) is 0 Å². The molecule has 2 N–H and O–H groups in total. The Balaban J connectivity index is 1.83. The predicted octanol–water partition coefficient (Wildman–Crippen LogP) is 5.34. The first-order valence-electron chi connectivity index (χ1n) is 9.52. The average Bonchev–Trinajstić information content (AvgIpc) is 3.11. The minimum Gasteiger partial charge on any atom is -0.445 e. The summed E-state index contributed by atoms with van der Waals surface area (Å²) in [5.74, 6) is 0.